The van der Waals surface area contributed by atoms with Gasteiger partial charge in [0.1, 0.15) is 0 Å². The van der Waals surface area contributed by atoms with Crippen LogP contribution in [0.25, 0.3) is 5.82 Å². The highest BCUT2D eigenvalue weighted by molar-refractivity contribution is 5.80. The molecule has 31 heavy (non-hydrogen) atoms. The molecular weight excluding hydrogens is 386 g/mol. The summed E-state index contributed by atoms with van der Waals surface area (Å²) >= 11 is 0. The van der Waals surface area contributed by atoms with Crippen LogP contribution in [0.3, 0.4) is 0 Å². The van der Waals surface area contributed by atoms with Crippen molar-refractivity contribution in [1.82, 2.24) is 25.4 Å². The van der Waals surface area contributed by atoms with Gasteiger partial charge in [0.2, 0.25) is 0 Å². The van der Waals surface area contributed by atoms with Crippen molar-refractivity contribution in [2.24, 2.45) is 4.99 Å². The van der Waals surface area contributed by atoms with E-state index in [9.17, 15) is 0 Å². The maximum absolute atomic E-state index is 4.57. The average molecular weight is 418 g/mol. The topological polar surface area (TPSA) is 70.4 Å². The molecule has 0 radical (unpaired) electrons. The van der Waals surface area contributed by atoms with Gasteiger partial charge in [0.05, 0.1) is 5.69 Å². The summed E-state index contributed by atoms with van der Waals surface area (Å²) in [6.07, 6.45) is 2.98. The second kappa shape index (κ2) is 9.20. The molecule has 2 N–H and O–H groups in total. The Bertz CT molecular complexity index is 1030. The number of aryl methyl sites for hydroxylation is 3. The minimum Gasteiger partial charge on any atom is -0.369 e. The van der Waals surface area contributed by atoms with E-state index in [2.05, 4.69) is 73.9 Å². The number of nitrogens with zero attached hydrogens (tertiary/aromatic N) is 5. The van der Waals surface area contributed by atoms with Crippen LogP contribution < -0.4 is 15.5 Å². The van der Waals surface area contributed by atoms with Crippen LogP contribution in [0.1, 0.15) is 28.9 Å². The average Bonchev–Trinajstić information content (AvgIpc) is 3.37. The van der Waals surface area contributed by atoms with Crippen LogP contribution in [0.4, 0.5) is 5.69 Å². The Balaban J connectivity index is 1.30. The molecule has 1 aliphatic heterocycles. The maximum Gasteiger partial charge on any atom is 0.191 e. The molecule has 1 aliphatic rings. The van der Waals surface area contributed by atoms with Crippen molar-refractivity contribution in [2.75, 3.05) is 25.0 Å². The van der Waals surface area contributed by atoms with Gasteiger partial charge in [-0.25, -0.2) is 9.67 Å². The summed E-state index contributed by atoms with van der Waals surface area (Å²) in [6.45, 7) is 8.84. The van der Waals surface area contributed by atoms with E-state index in [1.54, 1.807) is 0 Å². The first kappa shape index (κ1) is 20.9. The third-order valence-electron chi connectivity index (χ3n) is 5.65. The number of hydrogen-bond acceptors (Lipinski definition) is 4. The maximum atomic E-state index is 4.57. The first-order valence-corrected chi connectivity index (χ1v) is 10.8. The Morgan fingerprint density at radius 2 is 1.94 bits per heavy atom. The molecule has 1 atom stereocenters. The fourth-order valence-corrected chi connectivity index (χ4v) is 3.95. The fourth-order valence-electron chi connectivity index (χ4n) is 3.95. The number of aromatic nitrogens is 3. The third-order valence-corrected chi connectivity index (χ3v) is 5.65. The van der Waals surface area contributed by atoms with Gasteiger partial charge in [-0.15, -0.1) is 0 Å². The minimum absolute atomic E-state index is 0.374. The number of anilines is 1. The predicted octanol–water partition coefficient (Wildman–Crippen LogP) is 3.14. The summed E-state index contributed by atoms with van der Waals surface area (Å²) in [7, 11) is 1.81. The number of rotatable bonds is 5. The summed E-state index contributed by atoms with van der Waals surface area (Å²) in [5.41, 5.74) is 5.75. The molecule has 3 heterocycles. The van der Waals surface area contributed by atoms with Crippen molar-refractivity contribution in [1.29, 1.82) is 0 Å². The molecule has 0 saturated carbocycles. The van der Waals surface area contributed by atoms with E-state index in [-0.39, 0.29) is 0 Å². The lowest BCUT2D eigenvalue weighted by atomic mass is 10.2. The van der Waals surface area contributed by atoms with Crippen LogP contribution in [-0.2, 0) is 6.54 Å². The Kier molecular flexibility index (Phi) is 6.21. The van der Waals surface area contributed by atoms with Gasteiger partial charge in [-0.2, -0.15) is 5.10 Å². The van der Waals surface area contributed by atoms with Crippen LogP contribution in [0, 0.1) is 20.8 Å². The first-order valence-electron chi connectivity index (χ1n) is 10.8. The van der Waals surface area contributed by atoms with Crippen molar-refractivity contribution < 1.29 is 0 Å². The highest BCUT2D eigenvalue weighted by Crippen LogP contribution is 2.20. The van der Waals surface area contributed by atoms with Gasteiger partial charge in [0.25, 0.3) is 0 Å². The van der Waals surface area contributed by atoms with Gasteiger partial charge in [-0.1, -0.05) is 23.8 Å². The third kappa shape index (κ3) is 5.05. The van der Waals surface area contributed by atoms with Crippen LogP contribution in [0.2, 0.25) is 0 Å². The molecule has 1 saturated heterocycles. The van der Waals surface area contributed by atoms with E-state index >= 15 is 0 Å². The molecule has 0 spiro atoms. The second-order valence-electron chi connectivity index (χ2n) is 8.20. The molecular formula is C24H31N7. The number of hydrogen-bond donors (Lipinski definition) is 2. The molecule has 0 amide bonds. The standard InChI is InChI=1S/C24H31N7/c1-17-5-8-22(9-6-17)30-12-11-21(16-30)28-24(25-4)27-15-20-7-10-23(26-14-20)31-19(3)13-18(2)29-31/h5-10,13-14,21H,11-12,15-16H2,1-4H3,(H2,25,27,28). The molecule has 2 aromatic heterocycles. The van der Waals surface area contributed by atoms with Crippen molar-refractivity contribution in [3.8, 4) is 5.82 Å². The lowest BCUT2D eigenvalue weighted by Gasteiger charge is -2.20. The smallest absolute Gasteiger partial charge is 0.191 e. The lowest BCUT2D eigenvalue weighted by molar-refractivity contribution is 0.648. The molecule has 7 nitrogen and oxygen atoms in total. The van der Waals surface area contributed by atoms with E-state index in [0.29, 0.717) is 12.6 Å². The van der Waals surface area contributed by atoms with Crippen molar-refractivity contribution >= 4 is 11.6 Å². The number of pyridine rings is 1. The highest BCUT2D eigenvalue weighted by Gasteiger charge is 2.23. The summed E-state index contributed by atoms with van der Waals surface area (Å²) < 4.78 is 1.87. The van der Waals surface area contributed by atoms with Gasteiger partial charge in [0, 0.05) is 50.3 Å². The van der Waals surface area contributed by atoms with Crippen LogP contribution >= 0.6 is 0 Å². The monoisotopic (exact) mass is 417 g/mol. The Labute approximate surface area is 184 Å². The van der Waals surface area contributed by atoms with Crippen molar-refractivity contribution in [3.05, 3.63) is 71.2 Å². The zero-order chi connectivity index (χ0) is 21.8. The molecule has 3 aromatic rings. The predicted molar refractivity (Wildman–Crippen MR) is 126 cm³/mol. The van der Waals surface area contributed by atoms with Crippen LogP contribution in [0.5, 0.6) is 0 Å². The molecule has 1 aromatic carbocycles. The van der Waals surface area contributed by atoms with Gasteiger partial charge in [-0.3, -0.25) is 4.99 Å². The van der Waals surface area contributed by atoms with Crippen molar-refractivity contribution in [2.45, 2.75) is 39.8 Å². The first-order chi connectivity index (χ1) is 15.0. The molecule has 7 heteroatoms. The largest absolute Gasteiger partial charge is 0.369 e. The van der Waals surface area contributed by atoms with E-state index in [4.69, 9.17) is 0 Å². The number of benzene rings is 1. The Hall–Kier alpha value is -3.35. The van der Waals surface area contributed by atoms with Crippen molar-refractivity contribution in [3.63, 3.8) is 0 Å². The molecule has 4 rings (SSSR count). The fraction of sp³-hybridized carbons (Fsp3) is 0.375. The number of guanidine groups is 1. The number of nitrogens with one attached hydrogen (secondary N) is 2. The normalized spacial score (nSPS) is 16.6. The van der Waals surface area contributed by atoms with Gasteiger partial charge in [-0.05, 0) is 57.0 Å². The van der Waals surface area contributed by atoms with Crippen LogP contribution in [-0.4, -0.2) is 46.9 Å². The molecule has 162 valence electrons. The number of aliphatic imine (C=N–C) groups is 1. The van der Waals surface area contributed by atoms with E-state index in [0.717, 1.165) is 48.2 Å². The van der Waals surface area contributed by atoms with Crippen LogP contribution in [0.15, 0.2) is 53.7 Å². The Morgan fingerprint density at radius 1 is 1.13 bits per heavy atom. The zero-order valence-corrected chi connectivity index (χ0v) is 18.8. The highest BCUT2D eigenvalue weighted by atomic mass is 15.3. The second-order valence-corrected chi connectivity index (χ2v) is 8.20. The van der Waals surface area contributed by atoms with E-state index in [1.165, 1.54) is 11.3 Å². The molecule has 0 aliphatic carbocycles. The van der Waals surface area contributed by atoms with Gasteiger partial charge in [0.15, 0.2) is 11.8 Å². The van der Waals surface area contributed by atoms with Gasteiger partial charge < -0.3 is 15.5 Å². The molecule has 0 bridgehead atoms. The van der Waals surface area contributed by atoms with E-state index in [1.807, 2.05) is 37.8 Å². The molecule has 1 unspecified atom stereocenters. The van der Waals surface area contributed by atoms with E-state index < -0.39 is 0 Å². The Morgan fingerprint density at radius 3 is 2.58 bits per heavy atom. The summed E-state index contributed by atoms with van der Waals surface area (Å²) in [5, 5.41) is 11.5. The minimum atomic E-state index is 0.374. The lowest BCUT2D eigenvalue weighted by Crippen LogP contribution is -2.44. The zero-order valence-electron chi connectivity index (χ0n) is 18.8. The SMILES string of the molecule is CN=C(NCc1ccc(-n2nc(C)cc2C)nc1)NC1CCN(c2ccc(C)cc2)C1. The van der Waals surface area contributed by atoms with Gasteiger partial charge >= 0.3 is 0 Å². The quantitative estimate of drug-likeness (QED) is 0.493. The molecule has 1 fully saturated rings. The summed E-state index contributed by atoms with van der Waals surface area (Å²) in [5.74, 6) is 1.65. The summed E-state index contributed by atoms with van der Waals surface area (Å²) in [6, 6.07) is 15.3. The summed E-state index contributed by atoms with van der Waals surface area (Å²) in [4.78, 5) is 11.4.